The second kappa shape index (κ2) is 4.59. The van der Waals surface area contributed by atoms with Gasteiger partial charge in [-0.3, -0.25) is 0 Å². The summed E-state index contributed by atoms with van der Waals surface area (Å²) < 4.78 is 20.3. The van der Waals surface area contributed by atoms with E-state index in [1.807, 2.05) is 0 Å². The van der Waals surface area contributed by atoms with Gasteiger partial charge in [0.2, 0.25) is 0 Å². The Bertz CT molecular complexity index is 659. The molecule has 0 aliphatic rings. The topological polar surface area (TPSA) is 44.1 Å². The molecule has 0 radical (unpaired) electrons. The van der Waals surface area contributed by atoms with Crippen molar-refractivity contribution in [1.29, 1.82) is 0 Å². The van der Waals surface area contributed by atoms with Crippen LogP contribution in [0.3, 0.4) is 0 Å². The lowest BCUT2D eigenvalue weighted by atomic mass is 10.2. The third-order valence-corrected chi connectivity index (χ3v) is 3.01. The van der Waals surface area contributed by atoms with Crippen molar-refractivity contribution >= 4 is 33.1 Å². The van der Waals surface area contributed by atoms with Gasteiger partial charge in [0.1, 0.15) is 10.2 Å². The zero-order valence-corrected chi connectivity index (χ0v) is 12.7. The Hall–Kier alpha value is -1.43. The first-order chi connectivity index (χ1) is 8.69. The van der Waals surface area contributed by atoms with Gasteiger partial charge in [-0.25, -0.2) is 18.7 Å². The predicted octanol–water partition coefficient (Wildman–Crippen LogP) is 4.03. The van der Waals surface area contributed by atoms with E-state index in [2.05, 4.69) is 20.9 Å². The van der Waals surface area contributed by atoms with Gasteiger partial charge in [-0.15, -0.1) is 0 Å². The van der Waals surface area contributed by atoms with Gasteiger partial charge in [0.05, 0.1) is 11.0 Å². The van der Waals surface area contributed by atoms with Crippen LogP contribution in [0, 0.1) is 12.7 Å². The molecule has 0 N–H and O–H groups in total. The summed E-state index contributed by atoms with van der Waals surface area (Å²) in [7, 11) is 0. The van der Waals surface area contributed by atoms with Crippen LogP contribution in [0.5, 0.6) is 0 Å². The van der Waals surface area contributed by atoms with E-state index in [0.29, 0.717) is 16.7 Å². The predicted molar refractivity (Wildman–Crippen MR) is 73.8 cm³/mol. The van der Waals surface area contributed by atoms with E-state index in [4.69, 9.17) is 4.74 Å². The number of hydrogen-bond acceptors (Lipinski definition) is 3. The third-order valence-electron chi connectivity index (χ3n) is 2.46. The molecule has 0 bridgehead atoms. The molecule has 0 saturated heterocycles. The van der Waals surface area contributed by atoms with Crippen molar-refractivity contribution in [2.75, 3.05) is 0 Å². The molecule has 19 heavy (non-hydrogen) atoms. The second-order valence-electron chi connectivity index (χ2n) is 5.27. The van der Waals surface area contributed by atoms with Crippen LogP contribution in [0.15, 0.2) is 16.7 Å². The summed E-state index contributed by atoms with van der Waals surface area (Å²) in [5.74, 6) is -0.518. The first-order valence-corrected chi connectivity index (χ1v) is 6.56. The van der Waals surface area contributed by atoms with Crippen molar-refractivity contribution in [1.82, 2.24) is 9.55 Å². The minimum atomic E-state index is -0.610. The Balaban J connectivity index is 2.57. The molecule has 2 heterocycles. The Morgan fingerprint density at radius 1 is 1.42 bits per heavy atom. The zero-order valence-electron chi connectivity index (χ0n) is 11.1. The van der Waals surface area contributed by atoms with Crippen LogP contribution >= 0.6 is 15.9 Å². The lowest BCUT2D eigenvalue weighted by Crippen LogP contribution is -2.27. The molecule has 4 nitrogen and oxygen atoms in total. The number of carbonyl (C=O) groups excluding carboxylic acids is 1. The monoisotopic (exact) mass is 328 g/mol. The van der Waals surface area contributed by atoms with Gasteiger partial charge in [-0.2, -0.15) is 0 Å². The fraction of sp³-hybridized carbons (Fsp3) is 0.385. The largest absolute Gasteiger partial charge is 0.443 e. The average Bonchev–Trinajstić information content (AvgIpc) is 2.52. The molecule has 0 aliphatic carbocycles. The van der Waals surface area contributed by atoms with Gasteiger partial charge in [0, 0.05) is 11.8 Å². The molecule has 6 heteroatoms. The molecule has 0 aliphatic heterocycles. The van der Waals surface area contributed by atoms with Gasteiger partial charge in [-0.05, 0) is 49.7 Å². The molecule has 0 saturated carbocycles. The Labute approximate surface area is 118 Å². The molecule has 0 spiro atoms. The van der Waals surface area contributed by atoms with E-state index in [0.717, 1.165) is 0 Å². The fourth-order valence-electron chi connectivity index (χ4n) is 1.76. The third kappa shape index (κ3) is 2.78. The quantitative estimate of drug-likeness (QED) is 0.686. The van der Waals surface area contributed by atoms with E-state index < -0.39 is 17.5 Å². The average molecular weight is 329 g/mol. The SMILES string of the molecule is Cc1cc2nc(Br)c(F)cc2n1C(=O)OC(C)(C)C. The molecule has 0 fully saturated rings. The van der Waals surface area contributed by atoms with Crippen molar-refractivity contribution in [2.45, 2.75) is 33.3 Å². The molecule has 2 rings (SSSR count). The maximum atomic E-state index is 13.6. The van der Waals surface area contributed by atoms with Gasteiger partial charge in [-0.1, -0.05) is 0 Å². The summed E-state index contributed by atoms with van der Waals surface area (Å²) in [6, 6.07) is 2.98. The number of aromatic nitrogens is 2. The van der Waals surface area contributed by atoms with Crippen LogP contribution in [0.1, 0.15) is 26.5 Å². The van der Waals surface area contributed by atoms with Crippen LogP contribution in [0.4, 0.5) is 9.18 Å². The summed E-state index contributed by atoms with van der Waals surface area (Å²) in [6.07, 6.45) is -0.538. The molecular weight excluding hydrogens is 315 g/mol. The summed E-state index contributed by atoms with van der Waals surface area (Å²) in [5.41, 5.74) is 0.972. The molecule has 0 unspecified atom stereocenters. The van der Waals surface area contributed by atoms with E-state index in [1.165, 1.54) is 10.6 Å². The fourth-order valence-corrected chi connectivity index (χ4v) is 2.06. The van der Waals surface area contributed by atoms with Crippen LogP contribution in [-0.4, -0.2) is 21.2 Å². The van der Waals surface area contributed by atoms with Gasteiger partial charge >= 0.3 is 6.09 Å². The zero-order chi connectivity index (χ0) is 14.4. The molecule has 2 aromatic heterocycles. The molecular formula is C13H14BrFN2O2. The number of carbonyl (C=O) groups is 1. The van der Waals surface area contributed by atoms with Crippen LogP contribution < -0.4 is 0 Å². The summed E-state index contributed by atoms with van der Waals surface area (Å²) in [5, 5.41) is 0. The lowest BCUT2D eigenvalue weighted by Gasteiger charge is -2.20. The van der Waals surface area contributed by atoms with Crippen LogP contribution in [-0.2, 0) is 4.74 Å². The van der Waals surface area contributed by atoms with E-state index in [-0.39, 0.29) is 4.60 Å². The van der Waals surface area contributed by atoms with Crippen molar-refractivity contribution in [3.63, 3.8) is 0 Å². The molecule has 2 aromatic rings. The standard InChI is InChI=1S/C13H14BrFN2O2/c1-7-5-9-10(6-8(15)11(14)16-9)17(7)12(18)19-13(2,3)4/h5-6H,1-4H3. The first-order valence-electron chi connectivity index (χ1n) is 5.76. The number of rotatable bonds is 0. The summed E-state index contributed by atoms with van der Waals surface area (Å²) >= 11 is 3.02. The van der Waals surface area contributed by atoms with Crippen LogP contribution in [0.2, 0.25) is 0 Å². The van der Waals surface area contributed by atoms with E-state index in [9.17, 15) is 9.18 Å². The van der Waals surface area contributed by atoms with Crippen LogP contribution in [0.25, 0.3) is 11.0 Å². The van der Waals surface area contributed by atoms with Gasteiger partial charge in [0.15, 0.2) is 5.82 Å². The number of ether oxygens (including phenoxy) is 1. The highest BCUT2D eigenvalue weighted by Crippen LogP contribution is 2.24. The maximum Gasteiger partial charge on any atom is 0.419 e. The molecule has 102 valence electrons. The molecule has 0 atom stereocenters. The van der Waals surface area contributed by atoms with Gasteiger partial charge < -0.3 is 4.74 Å². The Morgan fingerprint density at radius 2 is 2.05 bits per heavy atom. The normalized spacial score (nSPS) is 11.9. The van der Waals surface area contributed by atoms with Crippen molar-refractivity contribution in [2.24, 2.45) is 0 Å². The number of aryl methyl sites for hydroxylation is 1. The molecule has 0 aromatic carbocycles. The first kappa shape index (κ1) is 14.0. The minimum absolute atomic E-state index is 0.126. The highest BCUT2D eigenvalue weighted by atomic mass is 79.9. The van der Waals surface area contributed by atoms with E-state index in [1.54, 1.807) is 33.8 Å². The van der Waals surface area contributed by atoms with Crippen molar-refractivity contribution in [3.05, 3.63) is 28.2 Å². The Kier molecular flexibility index (Phi) is 3.38. The Morgan fingerprint density at radius 3 is 2.63 bits per heavy atom. The smallest absolute Gasteiger partial charge is 0.419 e. The second-order valence-corrected chi connectivity index (χ2v) is 6.02. The maximum absolute atomic E-state index is 13.6. The summed E-state index contributed by atoms with van der Waals surface area (Å²) in [4.78, 5) is 16.2. The highest BCUT2D eigenvalue weighted by Gasteiger charge is 2.22. The highest BCUT2D eigenvalue weighted by molar-refractivity contribution is 9.10. The number of pyridine rings is 1. The van der Waals surface area contributed by atoms with E-state index >= 15 is 0 Å². The lowest BCUT2D eigenvalue weighted by molar-refractivity contribution is 0.0541. The van der Waals surface area contributed by atoms with Crippen molar-refractivity contribution in [3.8, 4) is 0 Å². The number of nitrogens with zero attached hydrogens (tertiary/aromatic N) is 2. The number of halogens is 2. The van der Waals surface area contributed by atoms with Gasteiger partial charge in [0.25, 0.3) is 0 Å². The molecule has 0 amide bonds. The van der Waals surface area contributed by atoms with Crippen molar-refractivity contribution < 1.29 is 13.9 Å². The number of fused-ring (bicyclic) bond motifs is 1. The number of hydrogen-bond donors (Lipinski definition) is 0. The summed E-state index contributed by atoms with van der Waals surface area (Å²) in [6.45, 7) is 7.08. The minimum Gasteiger partial charge on any atom is -0.443 e.